The van der Waals surface area contributed by atoms with E-state index in [4.69, 9.17) is 4.74 Å². The minimum absolute atomic E-state index is 0.261. The second-order valence-corrected chi connectivity index (χ2v) is 6.03. The Kier molecular flexibility index (Phi) is 4.71. The highest BCUT2D eigenvalue weighted by Crippen LogP contribution is 2.15. The van der Waals surface area contributed by atoms with Gasteiger partial charge in [-0.05, 0) is 37.3 Å². The van der Waals surface area contributed by atoms with Gasteiger partial charge in [-0.2, -0.15) is 0 Å². The number of aryl methyl sites for hydroxylation is 1. The fourth-order valence-corrected chi connectivity index (χ4v) is 2.69. The quantitative estimate of drug-likeness (QED) is 0.496. The van der Waals surface area contributed by atoms with Crippen molar-refractivity contribution in [2.24, 2.45) is 0 Å². The average molecular weight is 388 g/mol. The summed E-state index contributed by atoms with van der Waals surface area (Å²) in [6, 6.07) is 12.0. The summed E-state index contributed by atoms with van der Waals surface area (Å²) >= 11 is 3.30. The molecule has 0 radical (unpaired) electrons. The molecule has 0 saturated carbocycles. The van der Waals surface area contributed by atoms with Gasteiger partial charge in [0.1, 0.15) is 5.52 Å². The first-order valence-corrected chi connectivity index (χ1v) is 8.17. The van der Waals surface area contributed by atoms with E-state index in [1.807, 2.05) is 13.0 Å². The molecule has 2 aromatic carbocycles. The number of benzene rings is 2. The van der Waals surface area contributed by atoms with Gasteiger partial charge in [-0.15, -0.1) is 5.10 Å². The Morgan fingerprint density at radius 1 is 1.17 bits per heavy atom. The molecular weight excluding hydrogens is 374 g/mol. The number of rotatable bonds is 5. The second-order valence-electron chi connectivity index (χ2n) is 5.12. The van der Waals surface area contributed by atoms with E-state index < -0.39 is 5.97 Å². The number of fused-ring (bicyclic) bond motifs is 1. The van der Waals surface area contributed by atoms with Crippen molar-refractivity contribution in [2.75, 3.05) is 6.61 Å². The topological polar surface area (TPSA) is 74.1 Å². The molecule has 3 rings (SSSR count). The summed E-state index contributed by atoms with van der Waals surface area (Å²) in [4.78, 5) is 24.2. The largest absolute Gasteiger partial charge is 0.454 e. The van der Waals surface area contributed by atoms with Gasteiger partial charge >= 0.3 is 5.97 Å². The molecule has 0 atom stereocenters. The SMILES string of the molecule is CCn1nnc2cc(C(=O)OCC(=O)c3cccc(Br)c3)ccc21. The molecule has 0 saturated heterocycles. The van der Waals surface area contributed by atoms with Crippen LogP contribution < -0.4 is 0 Å². The van der Waals surface area contributed by atoms with Crippen molar-refractivity contribution in [3.8, 4) is 0 Å². The van der Waals surface area contributed by atoms with Crippen LogP contribution >= 0.6 is 15.9 Å². The average Bonchev–Trinajstić information content (AvgIpc) is 3.01. The molecule has 0 bridgehead atoms. The fraction of sp³-hybridized carbons (Fsp3) is 0.176. The van der Waals surface area contributed by atoms with Crippen LogP contribution in [0.25, 0.3) is 11.0 Å². The van der Waals surface area contributed by atoms with E-state index in [0.717, 1.165) is 9.99 Å². The van der Waals surface area contributed by atoms with Crippen LogP contribution in [-0.2, 0) is 11.3 Å². The molecule has 0 amide bonds. The van der Waals surface area contributed by atoms with Gasteiger partial charge in [-0.25, -0.2) is 9.48 Å². The third-order valence-electron chi connectivity index (χ3n) is 3.53. The van der Waals surface area contributed by atoms with Gasteiger partial charge in [0.05, 0.1) is 11.1 Å². The van der Waals surface area contributed by atoms with Gasteiger partial charge < -0.3 is 4.74 Å². The van der Waals surface area contributed by atoms with E-state index in [0.29, 0.717) is 23.2 Å². The summed E-state index contributed by atoms with van der Waals surface area (Å²) in [6.07, 6.45) is 0. The standard InChI is InChI=1S/C17H14BrN3O3/c1-2-21-15-7-6-12(9-14(15)19-20-21)17(23)24-10-16(22)11-4-3-5-13(18)8-11/h3-9H,2,10H2,1H3. The predicted molar refractivity (Wildman–Crippen MR) is 92.0 cm³/mol. The van der Waals surface area contributed by atoms with Crippen molar-refractivity contribution in [1.29, 1.82) is 0 Å². The molecule has 0 aliphatic carbocycles. The van der Waals surface area contributed by atoms with Gasteiger partial charge in [0.25, 0.3) is 0 Å². The first-order valence-electron chi connectivity index (χ1n) is 7.37. The highest BCUT2D eigenvalue weighted by molar-refractivity contribution is 9.10. The number of hydrogen-bond donors (Lipinski definition) is 0. The maximum atomic E-state index is 12.1. The summed E-state index contributed by atoms with van der Waals surface area (Å²) in [7, 11) is 0. The predicted octanol–water partition coefficient (Wildman–Crippen LogP) is 3.25. The number of halogens is 1. The molecule has 6 nitrogen and oxygen atoms in total. The molecule has 0 aliphatic heterocycles. The van der Waals surface area contributed by atoms with E-state index in [9.17, 15) is 9.59 Å². The number of ether oxygens (including phenoxy) is 1. The number of esters is 1. The molecule has 24 heavy (non-hydrogen) atoms. The van der Waals surface area contributed by atoms with Crippen LogP contribution in [0.4, 0.5) is 0 Å². The minimum atomic E-state index is -0.564. The van der Waals surface area contributed by atoms with Gasteiger partial charge in [-0.1, -0.05) is 33.3 Å². The van der Waals surface area contributed by atoms with Crippen molar-refractivity contribution in [3.05, 3.63) is 58.1 Å². The molecule has 0 aliphatic rings. The first kappa shape index (κ1) is 16.3. The van der Waals surface area contributed by atoms with Crippen molar-refractivity contribution >= 4 is 38.7 Å². The van der Waals surface area contributed by atoms with Gasteiger partial charge in [0, 0.05) is 16.6 Å². The van der Waals surface area contributed by atoms with Crippen LogP contribution in [0.3, 0.4) is 0 Å². The summed E-state index contributed by atoms with van der Waals surface area (Å²) in [5.41, 5.74) is 2.29. The molecule has 0 unspecified atom stereocenters. The Bertz CT molecular complexity index is 920. The maximum Gasteiger partial charge on any atom is 0.338 e. The number of carbonyl (C=O) groups is 2. The van der Waals surface area contributed by atoms with Crippen molar-refractivity contribution in [1.82, 2.24) is 15.0 Å². The molecule has 0 fully saturated rings. The van der Waals surface area contributed by atoms with Crippen LogP contribution in [0.15, 0.2) is 46.9 Å². The molecule has 1 heterocycles. The lowest BCUT2D eigenvalue weighted by Crippen LogP contribution is -2.14. The lowest BCUT2D eigenvalue weighted by molar-refractivity contribution is 0.0475. The van der Waals surface area contributed by atoms with Gasteiger partial charge in [-0.3, -0.25) is 4.79 Å². The Labute approximate surface area is 146 Å². The number of nitrogens with zero attached hydrogens (tertiary/aromatic N) is 3. The van der Waals surface area contributed by atoms with E-state index in [-0.39, 0.29) is 12.4 Å². The third-order valence-corrected chi connectivity index (χ3v) is 4.02. The maximum absolute atomic E-state index is 12.1. The van der Waals surface area contributed by atoms with Crippen LogP contribution in [0, 0.1) is 0 Å². The fourth-order valence-electron chi connectivity index (χ4n) is 2.29. The van der Waals surface area contributed by atoms with Crippen molar-refractivity contribution in [3.63, 3.8) is 0 Å². The molecule has 3 aromatic rings. The van der Waals surface area contributed by atoms with Crippen LogP contribution in [-0.4, -0.2) is 33.4 Å². The second kappa shape index (κ2) is 6.92. The summed E-state index contributed by atoms with van der Waals surface area (Å²) in [6.45, 7) is 2.35. The monoisotopic (exact) mass is 387 g/mol. The third kappa shape index (κ3) is 3.35. The first-order chi connectivity index (χ1) is 11.6. The van der Waals surface area contributed by atoms with E-state index in [1.165, 1.54) is 0 Å². The lowest BCUT2D eigenvalue weighted by Gasteiger charge is -2.05. The van der Waals surface area contributed by atoms with Crippen LogP contribution in [0.1, 0.15) is 27.6 Å². The van der Waals surface area contributed by atoms with Crippen molar-refractivity contribution < 1.29 is 14.3 Å². The molecule has 7 heteroatoms. The normalized spacial score (nSPS) is 10.8. The summed E-state index contributed by atoms with van der Waals surface area (Å²) < 4.78 is 7.64. The van der Waals surface area contributed by atoms with Gasteiger partial charge in [0.2, 0.25) is 0 Å². The number of hydrogen-bond acceptors (Lipinski definition) is 5. The molecule has 122 valence electrons. The molecule has 1 aromatic heterocycles. The number of ketones is 1. The van der Waals surface area contributed by atoms with Crippen LogP contribution in [0.5, 0.6) is 0 Å². The minimum Gasteiger partial charge on any atom is -0.454 e. The van der Waals surface area contributed by atoms with E-state index in [1.54, 1.807) is 41.1 Å². The number of carbonyl (C=O) groups excluding carboxylic acids is 2. The van der Waals surface area contributed by atoms with Crippen molar-refractivity contribution in [2.45, 2.75) is 13.5 Å². The summed E-state index contributed by atoms with van der Waals surface area (Å²) in [5.74, 6) is -0.825. The zero-order valence-electron chi connectivity index (χ0n) is 12.9. The molecule has 0 spiro atoms. The van der Waals surface area contributed by atoms with E-state index in [2.05, 4.69) is 26.2 Å². The summed E-state index contributed by atoms with van der Waals surface area (Å²) in [5, 5.41) is 8.01. The smallest absolute Gasteiger partial charge is 0.338 e. The molecular formula is C17H14BrN3O3. The highest BCUT2D eigenvalue weighted by Gasteiger charge is 2.14. The van der Waals surface area contributed by atoms with Gasteiger partial charge in [0.15, 0.2) is 12.4 Å². The number of Topliss-reactive ketones (excluding diaryl/α,β-unsaturated/α-hetero) is 1. The lowest BCUT2D eigenvalue weighted by atomic mass is 10.1. The Balaban J connectivity index is 1.70. The molecule has 0 N–H and O–H groups in total. The zero-order valence-corrected chi connectivity index (χ0v) is 14.5. The Morgan fingerprint density at radius 2 is 2.00 bits per heavy atom. The van der Waals surface area contributed by atoms with E-state index >= 15 is 0 Å². The highest BCUT2D eigenvalue weighted by atomic mass is 79.9. The zero-order chi connectivity index (χ0) is 17.1. The Morgan fingerprint density at radius 3 is 2.75 bits per heavy atom. The Hall–Kier alpha value is -2.54. The van der Waals surface area contributed by atoms with Crippen LogP contribution in [0.2, 0.25) is 0 Å². The number of aromatic nitrogens is 3.